The van der Waals surface area contributed by atoms with E-state index in [1.54, 1.807) is 5.57 Å². The molecule has 1 saturated carbocycles. The molecule has 1 unspecified atom stereocenters. The predicted molar refractivity (Wildman–Crippen MR) is 49.4 cm³/mol. The third-order valence-electron chi connectivity index (χ3n) is 2.31. The molecule has 0 heterocycles. The van der Waals surface area contributed by atoms with Gasteiger partial charge in [-0.05, 0) is 25.2 Å². The summed E-state index contributed by atoms with van der Waals surface area (Å²) in [4.78, 5) is 0. The first-order valence-electron chi connectivity index (χ1n) is 4.67. The van der Waals surface area contributed by atoms with E-state index in [1.807, 2.05) is 0 Å². The number of nitrogens with two attached hydrogens (primary N) is 1. The molecule has 0 amide bonds. The second-order valence-corrected chi connectivity index (χ2v) is 3.76. The molecular formula is C10H19N. The Morgan fingerprint density at radius 1 is 1.64 bits per heavy atom. The normalized spacial score (nSPS) is 26.1. The largest absolute Gasteiger partial charge is 0.327 e. The van der Waals surface area contributed by atoms with Crippen molar-refractivity contribution in [2.24, 2.45) is 11.7 Å². The van der Waals surface area contributed by atoms with Crippen LogP contribution in [0.1, 0.15) is 39.5 Å². The monoisotopic (exact) mass is 153 g/mol. The molecule has 0 aromatic heterocycles. The van der Waals surface area contributed by atoms with Gasteiger partial charge in [-0.2, -0.15) is 0 Å². The van der Waals surface area contributed by atoms with Crippen molar-refractivity contribution in [2.45, 2.75) is 45.6 Å². The van der Waals surface area contributed by atoms with Gasteiger partial charge in [0.05, 0.1) is 0 Å². The summed E-state index contributed by atoms with van der Waals surface area (Å²) in [5, 5.41) is 0. The lowest BCUT2D eigenvalue weighted by Gasteiger charge is -2.26. The molecule has 0 aliphatic heterocycles. The molecule has 1 atom stereocenters. The van der Waals surface area contributed by atoms with Gasteiger partial charge in [0.1, 0.15) is 0 Å². The minimum Gasteiger partial charge on any atom is -0.327 e. The fourth-order valence-corrected chi connectivity index (χ4v) is 1.69. The van der Waals surface area contributed by atoms with Crippen molar-refractivity contribution in [1.29, 1.82) is 0 Å². The van der Waals surface area contributed by atoms with E-state index in [1.165, 1.54) is 12.8 Å². The molecule has 0 saturated heterocycles. The highest BCUT2D eigenvalue weighted by molar-refractivity contribution is 5.16. The molecule has 1 aliphatic carbocycles. The smallest absolute Gasteiger partial charge is 0.0113 e. The summed E-state index contributed by atoms with van der Waals surface area (Å²) in [6.45, 7) is 4.53. The van der Waals surface area contributed by atoms with E-state index in [4.69, 9.17) is 5.73 Å². The van der Waals surface area contributed by atoms with Crippen LogP contribution in [0, 0.1) is 5.92 Å². The zero-order valence-electron chi connectivity index (χ0n) is 7.64. The zero-order valence-corrected chi connectivity index (χ0v) is 7.64. The minimum atomic E-state index is 0.468. The lowest BCUT2D eigenvalue weighted by atomic mass is 9.84. The second kappa shape index (κ2) is 3.91. The number of hydrogen-bond acceptors (Lipinski definition) is 1. The van der Waals surface area contributed by atoms with E-state index in [0.29, 0.717) is 6.04 Å². The van der Waals surface area contributed by atoms with Gasteiger partial charge in [0, 0.05) is 6.04 Å². The zero-order chi connectivity index (χ0) is 8.27. The number of rotatable bonds is 3. The van der Waals surface area contributed by atoms with E-state index in [9.17, 15) is 0 Å². The van der Waals surface area contributed by atoms with Gasteiger partial charge in [0.25, 0.3) is 0 Å². The Hall–Kier alpha value is -0.300. The summed E-state index contributed by atoms with van der Waals surface area (Å²) in [5.74, 6) is 0.766. The molecular weight excluding hydrogens is 134 g/mol. The van der Waals surface area contributed by atoms with Gasteiger partial charge in [-0.15, -0.1) is 0 Å². The average Bonchev–Trinajstić information content (AvgIpc) is 1.85. The highest BCUT2D eigenvalue weighted by Gasteiger charge is 2.18. The maximum atomic E-state index is 5.68. The van der Waals surface area contributed by atoms with Gasteiger partial charge in [-0.25, -0.2) is 0 Å². The number of hydrogen-bond donors (Lipinski definition) is 1. The standard InChI is InChI=1S/C10H19N/c1-3-4-8(2)5-9-6-10(11)7-9/h5,8,10H,3-4,6-7,11H2,1-2H3. The molecule has 1 aliphatic rings. The van der Waals surface area contributed by atoms with Crippen LogP contribution in [0.3, 0.4) is 0 Å². The Balaban J connectivity index is 2.23. The lowest BCUT2D eigenvalue weighted by molar-refractivity contribution is 0.523. The highest BCUT2D eigenvalue weighted by Crippen LogP contribution is 2.26. The molecule has 0 aromatic rings. The van der Waals surface area contributed by atoms with Gasteiger partial charge in [0.15, 0.2) is 0 Å². The summed E-state index contributed by atoms with van der Waals surface area (Å²) < 4.78 is 0. The Kier molecular flexibility index (Phi) is 3.13. The fourth-order valence-electron chi connectivity index (χ4n) is 1.69. The maximum absolute atomic E-state index is 5.68. The predicted octanol–water partition coefficient (Wildman–Crippen LogP) is 2.47. The van der Waals surface area contributed by atoms with E-state index in [0.717, 1.165) is 18.8 Å². The van der Waals surface area contributed by atoms with Crippen LogP contribution in [0.15, 0.2) is 11.6 Å². The van der Waals surface area contributed by atoms with Gasteiger partial charge in [-0.3, -0.25) is 0 Å². The first-order valence-corrected chi connectivity index (χ1v) is 4.67. The van der Waals surface area contributed by atoms with Crippen LogP contribution in [-0.2, 0) is 0 Å². The van der Waals surface area contributed by atoms with Crippen LogP contribution in [0.4, 0.5) is 0 Å². The van der Waals surface area contributed by atoms with Gasteiger partial charge in [0.2, 0.25) is 0 Å². The first-order chi connectivity index (χ1) is 5.22. The van der Waals surface area contributed by atoms with E-state index in [-0.39, 0.29) is 0 Å². The van der Waals surface area contributed by atoms with Crippen LogP contribution in [-0.4, -0.2) is 6.04 Å². The van der Waals surface area contributed by atoms with Crippen molar-refractivity contribution >= 4 is 0 Å². The van der Waals surface area contributed by atoms with Gasteiger partial charge < -0.3 is 5.73 Å². The Bertz CT molecular complexity index is 141. The van der Waals surface area contributed by atoms with Crippen LogP contribution in [0.25, 0.3) is 0 Å². The third kappa shape index (κ3) is 2.66. The van der Waals surface area contributed by atoms with Crippen molar-refractivity contribution in [3.63, 3.8) is 0 Å². The molecule has 0 radical (unpaired) electrons. The Labute approximate surface area is 69.7 Å². The molecule has 11 heavy (non-hydrogen) atoms. The maximum Gasteiger partial charge on any atom is 0.0113 e. The van der Waals surface area contributed by atoms with Crippen molar-refractivity contribution < 1.29 is 0 Å². The Morgan fingerprint density at radius 3 is 2.73 bits per heavy atom. The second-order valence-electron chi connectivity index (χ2n) is 3.76. The summed E-state index contributed by atoms with van der Waals surface area (Å²) in [6, 6.07) is 0.468. The molecule has 64 valence electrons. The van der Waals surface area contributed by atoms with Gasteiger partial charge >= 0.3 is 0 Å². The quantitative estimate of drug-likeness (QED) is 0.619. The summed E-state index contributed by atoms with van der Waals surface area (Å²) in [7, 11) is 0. The van der Waals surface area contributed by atoms with Crippen LogP contribution >= 0.6 is 0 Å². The van der Waals surface area contributed by atoms with Crippen LogP contribution in [0.2, 0.25) is 0 Å². The summed E-state index contributed by atoms with van der Waals surface area (Å²) in [6.07, 6.45) is 7.31. The average molecular weight is 153 g/mol. The minimum absolute atomic E-state index is 0.468. The first kappa shape index (κ1) is 8.79. The van der Waals surface area contributed by atoms with Crippen molar-refractivity contribution in [3.8, 4) is 0 Å². The third-order valence-corrected chi connectivity index (χ3v) is 2.31. The SMILES string of the molecule is CCCC(C)C=C1CC(N)C1. The number of allylic oxidation sites excluding steroid dienone is 1. The molecule has 1 nitrogen and oxygen atoms in total. The topological polar surface area (TPSA) is 26.0 Å². The van der Waals surface area contributed by atoms with Crippen molar-refractivity contribution in [2.75, 3.05) is 0 Å². The van der Waals surface area contributed by atoms with Crippen LogP contribution in [0.5, 0.6) is 0 Å². The van der Waals surface area contributed by atoms with E-state index in [2.05, 4.69) is 19.9 Å². The summed E-state index contributed by atoms with van der Waals surface area (Å²) >= 11 is 0. The van der Waals surface area contributed by atoms with Crippen LogP contribution < -0.4 is 5.73 Å². The summed E-state index contributed by atoms with van der Waals surface area (Å²) in [5.41, 5.74) is 7.26. The van der Waals surface area contributed by atoms with Crippen molar-refractivity contribution in [1.82, 2.24) is 0 Å². The van der Waals surface area contributed by atoms with E-state index >= 15 is 0 Å². The van der Waals surface area contributed by atoms with Crippen molar-refractivity contribution in [3.05, 3.63) is 11.6 Å². The lowest BCUT2D eigenvalue weighted by Crippen LogP contribution is -2.30. The fraction of sp³-hybridized carbons (Fsp3) is 0.800. The highest BCUT2D eigenvalue weighted by atomic mass is 14.7. The molecule has 1 rings (SSSR count). The molecule has 2 N–H and O–H groups in total. The molecule has 0 bridgehead atoms. The Morgan fingerprint density at radius 2 is 2.27 bits per heavy atom. The molecule has 1 fully saturated rings. The van der Waals surface area contributed by atoms with E-state index < -0.39 is 0 Å². The molecule has 0 aromatic carbocycles. The molecule has 1 heteroatoms. The molecule has 0 spiro atoms. The van der Waals surface area contributed by atoms with Gasteiger partial charge in [-0.1, -0.05) is 31.9 Å².